The first-order valence-corrected chi connectivity index (χ1v) is 5.96. The quantitative estimate of drug-likeness (QED) is 0.575. The van der Waals surface area contributed by atoms with Crippen molar-refractivity contribution in [1.29, 1.82) is 0 Å². The normalized spacial score (nSPS) is 14.3. The zero-order valence-electron chi connectivity index (χ0n) is 10.2. The van der Waals surface area contributed by atoms with Crippen LogP contribution in [0, 0.1) is 6.92 Å². The first-order valence-electron chi connectivity index (χ1n) is 5.96. The van der Waals surface area contributed by atoms with E-state index in [1.165, 1.54) is 0 Å². The van der Waals surface area contributed by atoms with E-state index in [9.17, 15) is 9.59 Å². The Bertz CT molecular complexity index is 464. The van der Waals surface area contributed by atoms with E-state index >= 15 is 0 Å². The molecule has 2 amide bonds. The van der Waals surface area contributed by atoms with Crippen molar-refractivity contribution in [2.24, 2.45) is 0 Å². The number of H-pyrrole nitrogens is 1. The fraction of sp³-hybridized carbons (Fsp3) is 0.545. The number of aromatic nitrogens is 2. The molecule has 1 heterocycles. The molecule has 1 aliphatic rings. The molecule has 5 N–H and O–H groups in total. The summed E-state index contributed by atoms with van der Waals surface area (Å²) in [5, 5.41) is 11.9. The predicted molar refractivity (Wildman–Crippen MR) is 65.9 cm³/mol. The summed E-state index contributed by atoms with van der Waals surface area (Å²) in [4.78, 5) is 23.1. The molecule has 0 spiro atoms. The van der Waals surface area contributed by atoms with E-state index in [-0.39, 0.29) is 30.5 Å². The molecule has 1 aromatic heterocycles. The van der Waals surface area contributed by atoms with Gasteiger partial charge in [0, 0.05) is 19.0 Å². The zero-order valence-corrected chi connectivity index (χ0v) is 10.2. The Labute approximate surface area is 105 Å². The van der Waals surface area contributed by atoms with Crippen LogP contribution in [0.15, 0.2) is 0 Å². The van der Waals surface area contributed by atoms with Gasteiger partial charge in [-0.25, -0.2) is 0 Å². The molecule has 1 fully saturated rings. The highest BCUT2D eigenvalue weighted by atomic mass is 16.2. The number of carbonyl (C=O) groups is 2. The molecule has 7 nitrogen and oxygen atoms in total. The number of amides is 2. The van der Waals surface area contributed by atoms with Gasteiger partial charge in [0.05, 0.1) is 11.4 Å². The Morgan fingerprint density at radius 1 is 1.50 bits per heavy atom. The minimum atomic E-state index is -0.365. The summed E-state index contributed by atoms with van der Waals surface area (Å²) >= 11 is 0. The number of hydrogen-bond acceptors (Lipinski definition) is 4. The topological polar surface area (TPSA) is 113 Å². The molecular weight excluding hydrogens is 234 g/mol. The first-order chi connectivity index (χ1) is 8.58. The predicted octanol–water partition coefficient (Wildman–Crippen LogP) is -0.301. The van der Waals surface area contributed by atoms with Crippen LogP contribution in [0.4, 0.5) is 5.69 Å². The van der Waals surface area contributed by atoms with Gasteiger partial charge < -0.3 is 16.4 Å². The molecule has 2 rings (SSSR count). The maximum Gasteiger partial charge on any atom is 0.273 e. The molecule has 18 heavy (non-hydrogen) atoms. The average molecular weight is 251 g/mol. The Kier molecular flexibility index (Phi) is 3.50. The molecule has 0 saturated heterocycles. The fourth-order valence-electron chi connectivity index (χ4n) is 1.51. The molecule has 1 aliphatic carbocycles. The molecular formula is C11H17N5O2. The van der Waals surface area contributed by atoms with Crippen LogP contribution in [0.2, 0.25) is 0 Å². The summed E-state index contributed by atoms with van der Waals surface area (Å²) in [6.45, 7) is 2.02. The Hall–Kier alpha value is -2.05. The summed E-state index contributed by atoms with van der Waals surface area (Å²) in [6, 6.07) is 0.345. The van der Waals surface area contributed by atoms with E-state index in [0.29, 0.717) is 17.4 Å². The number of anilines is 1. The largest absolute Gasteiger partial charge is 0.395 e. The van der Waals surface area contributed by atoms with Crippen LogP contribution in [-0.2, 0) is 4.79 Å². The number of aromatic amines is 1. The monoisotopic (exact) mass is 251 g/mol. The number of nitrogens with two attached hydrogens (primary N) is 1. The van der Waals surface area contributed by atoms with E-state index in [2.05, 4.69) is 20.8 Å². The highest BCUT2D eigenvalue weighted by Gasteiger charge is 2.23. The lowest BCUT2D eigenvalue weighted by Gasteiger charge is -2.04. The molecule has 0 radical (unpaired) electrons. The van der Waals surface area contributed by atoms with Crippen molar-refractivity contribution in [2.75, 3.05) is 12.3 Å². The fourth-order valence-corrected chi connectivity index (χ4v) is 1.51. The SMILES string of the molecule is Cc1[nH]nc(C(=O)NCCC(=O)NC2CC2)c1N. The lowest BCUT2D eigenvalue weighted by molar-refractivity contribution is -0.121. The van der Waals surface area contributed by atoms with Crippen LogP contribution >= 0.6 is 0 Å². The number of carbonyl (C=O) groups excluding carboxylic acids is 2. The van der Waals surface area contributed by atoms with Gasteiger partial charge in [0.2, 0.25) is 5.91 Å². The molecule has 1 saturated carbocycles. The van der Waals surface area contributed by atoms with E-state index in [1.54, 1.807) is 6.92 Å². The lowest BCUT2D eigenvalue weighted by Crippen LogP contribution is -2.32. The minimum absolute atomic E-state index is 0.0380. The number of nitrogens with one attached hydrogen (secondary N) is 3. The average Bonchev–Trinajstić information content (AvgIpc) is 3.06. The van der Waals surface area contributed by atoms with E-state index in [1.807, 2.05) is 0 Å². The number of nitrogens with zero attached hydrogens (tertiary/aromatic N) is 1. The van der Waals surface area contributed by atoms with Crippen LogP contribution in [-0.4, -0.2) is 34.6 Å². The Morgan fingerprint density at radius 3 is 2.78 bits per heavy atom. The molecule has 1 aromatic rings. The van der Waals surface area contributed by atoms with Crippen LogP contribution in [0.5, 0.6) is 0 Å². The van der Waals surface area contributed by atoms with Crippen LogP contribution in [0.25, 0.3) is 0 Å². The van der Waals surface area contributed by atoms with Crippen LogP contribution in [0.1, 0.15) is 35.4 Å². The zero-order chi connectivity index (χ0) is 13.1. The van der Waals surface area contributed by atoms with E-state index in [4.69, 9.17) is 5.73 Å². The molecule has 7 heteroatoms. The van der Waals surface area contributed by atoms with Gasteiger partial charge in [-0.3, -0.25) is 14.7 Å². The van der Waals surface area contributed by atoms with Crippen molar-refractivity contribution < 1.29 is 9.59 Å². The second kappa shape index (κ2) is 5.07. The third-order valence-corrected chi connectivity index (χ3v) is 2.79. The minimum Gasteiger partial charge on any atom is -0.395 e. The van der Waals surface area contributed by atoms with Gasteiger partial charge in [-0.2, -0.15) is 5.10 Å². The van der Waals surface area contributed by atoms with Gasteiger partial charge in [-0.1, -0.05) is 0 Å². The van der Waals surface area contributed by atoms with Gasteiger partial charge in [0.25, 0.3) is 5.91 Å². The molecule has 0 aliphatic heterocycles. The molecule has 0 aromatic carbocycles. The van der Waals surface area contributed by atoms with E-state index in [0.717, 1.165) is 12.8 Å². The summed E-state index contributed by atoms with van der Waals surface area (Å²) in [7, 11) is 0. The first kappa shape index (κ1) is 12.4. The maximum absolute atomic E-state index is 11.7. The Balaban J connectivity index is 1.74. The summed E-state index contributed by atoms with van der Waals surface area (Å²) in [6.07, 6.45) is 2.38. The van der Waals surface area contributed by atoms with Gasteiger partial charge in [0.15, 0.2) is 5.69 Å². The molecule has 98 valence electrons. The summed E-state index contributed by atoms with van der Waals surface area (Å²) in [5.41, 5.74) is 6.85. The van der Waals surface area contributed by atoms with E-state index < -0.39 is 0 Å². The summed E-state index contributed by atoms with van der Waals surface area (Å²) in [5.74, 6) is -0.403. The molecule has 0 unspecified atom stereocenters. The Morgan fingerprint density at radius 2 is 2.22 bits per heavy atom. The number of aryl methyl sites for hydroxylation is 1. The van der Waals surface area contributed by atoms with Crippen molar-refractivity contribution in [1.82, 2.24) is 20.8 Å². The third kappa shape index (κ3) is 2.99. The van der Waals surface area contributed by atoms with Crippen LogP contribution < -0.4 is 16.4 Å². The second-order valence-corrected chi connectivity index (χ2v) is 4.46. The van der Waals surface area contributed by atoms with Gasteiger partial charge in [-0.15, -0.1) is 0 Å². The van der Waals surface area contributed by atoms with Crippen molar-refractivity contribution in [3.63, 3.8) is 0 Å². The van der Waals surface area contributed by atoms with Crippen LogP contribution in [0.3, 0.4) is 0 Å². The van der Waals surface area contributed by atoms with Crippen molar-refractivity contribution in [2.45, 2.75) is 32.2 Å². The van der Waals surface area contributed by atoms with Gasteiger partial charge in [-0.05, 0) is 19.8 Å². The molecule has 0 bridgehead atoms. The van der Waals surface area contributed by atoms with Crippen molar-refractivity contribution >= 4 is 17.5 Å². The smallest absolute Gasteiger partial charge is 0.273 e. The third-order valence-electron chi connectivity index (χ3n) is 2.79. The highest BCUT2D eigenvalue weighted by molar-refractivity contribution is 5.97. The second-order valence-electron chi connectivity index (χ2n) is 4.46. The summed E-state index contributed by atoms with van der Waals surface area (Å²) < 4.78 is 0. The molecule has 0 atom stereocenters. The number of hydrogen-bond donors (Lipinski definition) is 4. The van der Waals surface area contributed by atoms with Gasteiger partial charge in [0.1, 0.15) is 0 Å². The lowest BCUT2D eigenvalue weighted by atomic mass is 10.3. The highest BCUT2D eigenvalue weighted by Crippen LogP contribution is 2.18. The van der Waals surface area contributed by atoms with Crippen molar-refractivity contribution in [3.8, 4) is 0 Å². The number of rotatable bonds is 5. The van der Waals surface area contributed by atoms with Gasteiger partial charge >= 0.3 is 0 Å². The standard InChI is InChI=1S/C11H17N5O2/c1-6-9(12)10(16-15-6)11(18)13-5-4-8(17)14-7-2-3-7/h7H,2-5,12H2,1H3,(H,13,18)(H,14,17)(H,15,16). The maximum atomic E-state index is 11.7. The number of nitrogen functional groups attached to an aromatic ring is 1. The van der Waals surface area contributed by atoms with Crippen molar-refractivity contribution in [3.05, 3.63) is 11.4 Å².